The number of hydrogen-bond acceptors (Lipinski definition) is 4. The molecular weight excluding hydrogens is 204 g/mol. The lowest BCUT2D eigenvalue weighted by molar-refractivity contribution is -0.120. The normalized spacial score (nSPS) is 9.38. The van der Waals surface area contributed by atoms with E-state index in [9.17, 15) is 4.79 Å². The van der Waals surface area contributed by atoms with Crippen LogP contribution < -0.4 is 5.43 Å². The summed E-state index contributed by atoms with van der Waals surface area (Å²) in [7, 11) is 0. The molecule has 78 valence electrons. The summed E-state index contributed by atoms with van der Waals surface area (Å²) in [6, 6.07) is 10.4. The van der Waals surface area contributed by atoms with E-state index in [1.54, 1.807) is 30.3 Å². The molecule has 1 aromatic carbocycles. The van der Waals surface area contributed by atoms with Crippen LogP contribution in [-0.2, 0) is 4.79 Å². The molecule has 0 aliphatic rings. The first-order chi connectivity index (χ1) is 7.76. The van der Waals surface area contributed by atoms with Gasteiger partial charge in [-0.2, -0.15) is 15.6 Å². The van der Waals surface area contributed by atoms with E-state index in [0.29, 0.717) is 5.56 Å². The molecule has 5 heteroatoms. The fraction of sp³-hybridized carbons (Fsp3) is 0.0909. The molecule has 0 unspecified atom stereocenters. The Morgan fingerprint density at radius 1 is 1.38 bits per heavy atom. The maximum absolute atomic E-state index is 10.8. The summed E-state index contributed by atoms with van der Waals surface area (Å²) < 4.78 is 0. The summed E-state index contributed by atoms with van der Waals surface area (Å²) in [5.41, 5.74) is 3.52. The van der Waals surface area contributed by atoms with E-state index in [-0.39, 0.29) is 6.42 Å². The fourth-order valence-electron chi connectivity index (χ4n) is 0.934. The lowest BCUT2D eigenvalue weighted by Crippen LogP contribution is -2.16. The smallest absolute Gasteiger partial charge is 0.254 e. The fourth-order valence-corrected chi connectivity index (χ4v) is 0.934. The number of rotatable bonds is 3. The van der Waals surface area contributed by atoms with Crippen LogP contribution in [0.1, 0.15) is 17.5 Å². The SMILES string of the molecule is N#CCC(=O)NN=Cc1ccc(C#N)cc1. The number of carbonyl (C=O) groups is 1. The van der Waals surface area contributed by atoms with Crippen LogP contribution in [0.25, 0.3) is 0 Å². The van der Waals surface area contributed by atoms with Gasteiger partial charge in [0.25, 0.3) is 5.91 Å². The average Bonchev–Trinajstić information content (AvgIpc) is 2.30. The van der Waals surface area contributed by atoms with Gasteiger partial charge >= 0.3 is 0 Å². The van der Waals surface area contributed by atoms with Crippen molar-refractivity contribution in [2.45, 2.75) is 6.42 Å². The lowest BCUT2D eigenvalue weighted by atomic mass is 10.2. The minimum atomic E-state index is -0.451. The molecule has 0 atom stereocenters. The van der Waals surface area contributed by atoms with Gasteiger partial charge in [0.2, 0.25) is 0 Å². The molecule has 0 saturated carbocycles. The molecule has 0 fully saturated rings. The Kier molecular flexibility index (Phi) is 4.24. The summed E-state index contributed by atoms with van der Waals surface area (Å²) in [4.78, 5) is 10.8. The van der Waals surface area contributed by atoms with Crippen LogP contribution in [0, 0.1) is 22.7 Å². The van der Waals surface area contributed by atoms with Crippen molar-refractivity contribution < 1.29 is 4.79 Å². The van der Waals surface area contributed by atoms with E-state index in [1.807, 2.05) is 6.07 Å². The van der Waals surface area contributed by atoms with E-state index in [0.717, 1.165) is 5.56 Å². The third-order valence-electron chi connectivity index (χ3n) is 1.68. The number of carbonyl (C=O) groups excluding carboxylic acids is 1. The molecule has 0 aliphatic carbocycles. The van der Waals surface area contributed by atoms with Crippen molar-refractivity contribution in [3.8, 4) is 12.1 Å². The average molecular weight is 212 g/mol. The Labute approximate surface area is 92.6 Å². The number of benzene rings is 1. The molecule has 0 bridgehead atoms. The quantitative estimate of drug-likeness (QED) is 0.596. The third kappa shape index (κ3) is 3.60. The van der Waals surface area contributed by atoms with Crippen molar-refractivity contribution in [2.75, 3.05) is 0 Å². The number of hydrogen-bond donors (Lipinski definition) is 1. The summed E-state index contributed by atoms with van der Waals surface area (Å²) in [5, 5.41) is 20.4. The first-order valence-corrected chi connectivity index (χ1v) is 4.45. The number of hydrazone groups is 1. The Balaban J connectivity index is 2.54. The zero-order valence-electron chi connectivity index (χ0n) is 8.34. The molecule has 1 amide bonds. The maximum Gasteiger partial charge on any atom is 0.254 e. The van der Waals surface area contributed by atoms with Crippen molar-refractivity contribution >= 4 is 12.1 Å². The van der Waals surface area contributed by atoms with Gasteiger partial charge in [-0.05, 0) is 17.7 Å². The number of nitrogens with zero attached hydrogens (tertiary/aromatic N) is 3. The first-order valence-electron chi connectivity index (χ1n) is 4.45. The molecule has 0 aromatic heterocycles. The lowest BCUT2D eigenvalue weighted by Gasteiger charge is -1.94. The van der Waals surface area contributed by atoms with Crippen LogP contribution in [0.5, 0.6) is 0 Å². The third-order valence-corrected chi connectivity index (χ3v) is 1.68. The van der Waals surface area contributed by atoms with Crippen LogP contribution in [-0.4, -0.2) is 12.1 Å². The van der Waals surface area contributed by atoms with Gasteiger partial charge in [0.1, 0.15) is 6.42 Å². The highest BCUT2D eigenvalue weighted by Gasteiger charge is 1.95. The monoisotopic (exact) mass is 212 g/mol. The van der Waals surface area contributed by atoms with Crippen LogP contribution in [0.15, 0.2) is 29.4 Å². The molecule has 0 radical (unpaired) electrons. The van der Waals surface area contributed by atoms with E-state index < -0.39 is 5.91 Å². The van der Waals surface area contributed by atoms with Crippen LogP contribution >= 0.6 is 0 Å². The van der Waals surface area contributed by atoms with Gasteiger partial charge in [0, 0.05) is 0 Å². The minimum Gasteiger partial charge on any atom is -0.272 e. The van der Waals surface area contributed by atoms with Crippen molar-refractivity contribution in [3.63, 3.8) is 0 Å². The van der Waals surface area contributed by atoms with Crippen LogP contribution in [0.2, 0.25) is 0 Å². The topological polar surface area (TPSA) is 89.0 Å². The first kappa shape index (κ1) is 11.4. The predicted molar refractivity (Wildman–Crippen MR) is 57.1 cm³/mol. The molecule has 5 nitrogen and oxygen atoms in total. The Morgan fingerprint density at radius 2 is 2.06 bits per heavy atom. The molecule has 1 rings (SSSR count). The van der Waals surface area contributed by atoms with Gasteiger partial charge in [-0.15, -0.1) is 0 Å². The van der Waals surface area contributed by atoms with Crippen molar-refractivity contribution in [1.82, 2.24) is 5.43 Å². The molecule has 0 spiro atoms. The molecule has 0 saturated heterocycles. The second-order valence-corrected chi connectivity index (χ2v) is 2.86. The Bertz CT molecular complexity index is 476. The van der Waals surface area contributed by atoms with Crippen molar-refractivity contribution in [1.29, 1.82) is 10.5 Å². The van der Waals surface area contributed by atoms with E-state index in [1.165, 1.54) is 6.21 Å². The Morgan fingerprint density at radius 3 is 2.62 bits per heavy atom. The summed E-state index contributed by atoms with van der Waals surface area (Å²) >= 11 is 0. The van der Waals surface area contributed by atoms with Crippen molar-refractivity contribution in [2.24, 2.45) is 5.10 Å². The highest BCUT2D eigenvalue weighted by atomic mass is 16.2. The number of nitrogens with one attached hydrogen (secondary N) is 1. The zero-order chi connectivity index (χ0) is 11.8. The summed E-state index contributed by atoms with van der Waals surface area (Å²) in [6.45, 7) is 0. The van der Waals surface area contributed by atoms with Crippen molar-refractivity contribution in [3.05, 3.63) is 35.4 Å². The second kappa shape index (κ2) is 5.94. The predicted octanol–water partition coefficient (Wildman–Crippen LogP) is 0.922. The highest BCUT2D eigenvalue weighted by molar-refractivity contribution is 5.83. The zero-order valence-corrected chi connectivity index (χ0v) is 8.34. The summed E-state index contributed by atoms with van der Waals surface area (Å²) in [6.07, 6.45) is 1.22. The van der Waals surface area contributed by atoms with Gasteiger partial charge in [-0.3, -0.25) is 4.79 Å². The molecule has 1 aromatic rings. The van der Waals surface area contributed by atoms with Gasteiger partial charge in [-0.25, -0.2) is 5.43 Å². The molecular formula is C11H8N4O. The van der Waals surface area contributed by atoms with Gasteiger partial charge in [-0.1, -0.05) is 12.1 Å². The van der Waals surface area contributed by atoms with E-state index in [4.69, 9.17) is 10.5 Å². The van der Waals surface area contributed by atoms with E-state index in [2.05, 4.69) is 10.5 Å². The van der Waals surface area contributed by atoms with E-state index >= 15 is 0 Å². The summed E-state index contributed by atoms with van der Waals surface area (Å²) in [5.74, 6) is -0.451. The van der Waals surface area contributed by atoms with Gasteiger partial charge < -0.3 is 0 Å². The van der Waals surface area contributed by atoms with Crippen LogP contribution in [0.3, 0.4) is 0 Å². The molecule has 16 heavy (non-hydrogen) atoms. The largest absolute Gasteiger partial charge is 0.272 e. The maximum atomic E-state index is 10.8. The molecule has 0 heterocycles. The Hall–Kier alpha value is -2.66. The van der Waals surface area contributed by atoms with Gasteiger partial charge in [0.05, 0.1) is 23.9 Å². The number of amides is 1. The minimum absolute atomic E-state index is 0.218. The number of nitriles is 2. The second-order valence-electron chi connectivity index (χ2n) is 2.86. The molecule has 1 N–H and O–H groups in total. The highest BCUT2D eigenvalue weighted by Crippen LogP contribution is 2.00. The standard InChI is InChI=1S/C11H8N4O/c12-6-5-11(16)15-14-8-10-3-1-9(7-13)2-4-10/h1-4,8H,5H2,(H,15,16). The van der Waals surface area contributed by atoms with Gasteiger partial charge in [0.15, 0.2) is 0 Å². The van der Waals surface area contributed by atoms with Crippen LogP contribution in [0.4, 0.5) is 0 Å². The molecule has 0 aliphatic heterocycles.